The van der Waals surface area contributed by atoms with Gasteiger partial charge >= 0.3 is 0 Å². The van der Waals surface area contributed by atoms with Gasteiger partial charge < -0.3 is 20.9 Å². The van der Waals surface area contributed by atoms with Crippen LogP contribution < -0.4 is 15.8 Å². The van der Waals surface area contributed by atoms with Crippen LogP contribution in [0.5, 0.6) is 5.75 Å². The predicted molar refractivity (Wildman–Crippen MR) is 121 cm³/mol. The summed E-state index contributed by atoms with van der Waals surface area (Å²) in [7, 11) is 0. The van der Waals surface area contributed by atoms with Crippen LogP contribution in [0.1, 0.15) is 64.6 Å². The van der Waals surface area contributed by atoms with E-state index in [4.69, 9.17) is 10.5 Å². The van der Waals surface area contributed by atoms with E-state index < -0.39 is 28.9 Å². The van der Waals surface area contributed by atoms with Crippen LogP contribution in [-0.2, 0) is 10.3 Å². The molecule has 6 heteroatoms. The smallest absolute Gasteiger partial charge is 0.245 e. The molecule has 0 aliphatic carbocycles. The van der Waals surface area contributed by atoms with Crippen LogP contribution >= 0.6 is 0 Å². The second-order valence-electron chi connectivity index (χ2n) is 9.02. The van der Waals surface area contributed by atoms with Gasteiger partial charge in [-0.05, 0) is 56.9 Å². The van der Waals surface area contributed by atoms with Crippen molar-refractivity contribution < 1.29 is 19.0 Å². The monoisotopic (exact) mass is 430 g/mol. The maximum atomic E-state index is 14.2. The largest absolute Gasteiger partial charge is 0.493 e. The average molecular weight is 431 g/mol. The third kappa shape index (κ3) is 6.52. The fourth-order valence-electron chi connectivity index (χ4n) is 3.52. The first kappa shape index (κ1) is 24.8. The molecular weight excluding hydrogens is 395 g/mol. The van der Waals surface area contributed by atoms with E-state index in [1.54, 1.807) is 38.1 Å². The number of nitrogens with two attached hydrogens (primary N) is 1. The second-order valence-corrected chi connectivity index (χ2v) is 9.02. The second kappa shape index (κ2) is 10.2. The van der Waals surface area contributed by atoms with E-state index in [0.29, 0.717) is 18.1 Å². The van der Waals surface area contributed by atoms with Crippen LogP contribution in [0.3, 0.4) is 0 Å². The number of ether oxygens (including phenoxy) is 1. The molecule has 2 aromatic rings. The summed E-state index contributed by atoms with van der Waals surface area (Å²) in [6, 6.07) is 12.4. The van der Waals surface area contributed by atoms with Crippen LogP contribution in [-0.4, -0.2) is 23.2 Å². The zero-order valence-electron chi connectivity index (χ0n) is 19.1. The molecule has 4 N–H and O–H groups in total. The van der Waals surface area contributed by atoms with E-state index in [1.807, 2.05) is 12.1 Å². The van der Waals surface area contributed by atoms with E-state index in [1.165, 1.54) is 19.1 Å². The fourth-order valence-corrected chi connectivity index (χ4v) is 3.52. The van der Waals surface area contributed by atoms with E-state index in [9.17, 15) is 14.3 Å². The van der Waals surface area contributed by atoms with Crippen molar-refractivity contribution in [3.63, 3.8) is 0 Å². The van der Waals surface area contributed by atoms with Gasteiger partial charge in [0.2, 0.25) is 5.91 Å². The Labute approximate surface area is 184 Å². The Morgan fingerprint density at radius 2 is 1.77 bits per heavy atom. The standard InChI is InChI=1S/C25H35FN2O3/c1-6-9-17(2)16-31-19-14-12-18(13-15-19)22(24(3,4)30)28-23(29)25(5,27)20-10-7-8-11-21(20)26/h7-8,10-15,17,22,30H,6,9,16,27H2,1-5H3,(H,28,29)/t17?,22-,25+/m1/s1. The number of aliphatic hydroxyl groups is 1. The number of benzene rings is 2. The van der Waals surface area contributed by atoms with Gasteiger partial charge in [0.1, 0.15) is 17.1 Å². The Hall–Kier alpha value is -2.44. The van der Waals surface area contributed by atoms with Crippen LogP contribution in [0.25, 0.3) is 0 Å². The number of carbonyl (C=O) groups is 1. The molecule has 2 rings (SSSR count). The van der Waals surface area contributed by atoms with Crippen molar-refractivity contribution in [2.75, 3.05) is 6.61 Å². The molecule has 31 heavy (non-hydrogen) atoms. The number of halogens is 1. The summed E-state index contributed by atoms with van der Waals surface area (Å²) in [6.07, 6.45) is 2.22. The zero-order chi connectivity index (χ0) is 23.2. The summed E-state index contributed by atoms with van der Waals surface area (Å²) >= 11 is 0. The van der Waals surface area contributed by atoms with Crippen molar-refractivity contribution in [3.8, 4) is 5.75 Å². The van der Waals surface area contributed by atoms with E-state index in [2.05, 4.69) is 19.2 Å². The van der Waals surface area contributed by atoms with Gasteiger partial charge in [0, 0.05) is 5.56 Å². The normalized spacial score (nSPS) is 15.6. The topological polar surface area (TPSA) is 84.6 Å². The zero-order valence-corrected chi connectivity index (χ0v) is 19.1. The van der Waals surface area contributed by atoms with Gasteiger partial charge in [-0.25, -0.2) is 4.39 Å². The lowest BCUT2D eigenvalue weighted by Crippen LogP contribution is -2.53. The molecule has 0 saturated heterocycles. The lowest BCUT2D eigenvalue weighted by Gasteiger charge is -2.34. The average Bonchev–Trinajstić information content (AvgIpc) is 2.70. The van der Waals surface area contributed by atoms with Gasteiger partial charge in [-0.3, -0.25) is 4.79 Å². The van der Waals surface area contributed by atoms with Gasteiger partial charge in [-0.1, -0.05) is 50.6 Å². The predicted octanol–water partition coefficient (Wildman–Crippen LogP) is 4.44. The minimum atomic E-state index is -1.60. The number of hydrogen-bond acceptors (Lipinski definition) is 4. The Bertz CT molecular complexity index is 860. The van der Waals surface area contributed by atoms with Crippen LogP contribution in [0, 0.1) is 11.7 Å². The maximum absolute atomic E-state index is 14.2. The summed E-state index contributed by atoms with van der Waals surface area (Å²) < 4.78 is 20.1. The number of rotatable bonds is 10. The molecule has 0 heterocycles. The molecule has 2 aromatic carbocycles. The molecule has 170 valence electrons. The Balaban J connectivity index is 2.19. The molecule has 0 bridgehead atoms. The molecule has 0 spiro atoms. The first-order valence-corrected chi connectivity index (χ1v) is 10.8. The highest BCUT2D eigenvalue weighted by molar-refractivity contribution is 5.87. The highest BCUT2D eigenvalue weighted by atomic mass is 19.1. The minimum absolute atomic E-state index is 0.0898. The van der Waals surface area contributed by atoms with Gasteiger partial charge in [0.15, 0.2) is 0 Å². The van der Waals surface area contributed by atoms with Crippen LogP contribution in [0.15, 0.2) is 48.5 Å². The van der Waals surface area contributed by atoms with Gasteiger partial charge in [0.25, 0.3) is 0 Å². The van der Waals surface area contributed by atoms with Gasteiger partial charge in [-0.15, -0.1) is 0 Å². The highest BCUT2D eigenvalue weighted by Crippen LogP contribution is 2.29. The Morgan fingerprint density at radius 3 is 2.32 bits per heavy atom. The van der Waals surface area contributed by atoms with Crippen LogP contribution in [0.4, 0.5) is 4.39 Å². The third-order valence-electron chi connectivity index (χ3n) is 5.42. The number of carbonyl (C=O) groups excluding carboxylic acids is 1. The summed E-state index contributed by atoms with van der Waals surface area (Å²) in [5, 5.41) is 13.5. The Kier molecular flexibility index (Phi) is 8.21. The van der Waals surface area contributed by atoms with E-state index in [-0.39, 0.29) is 5.56 Å². The SMILES string of the molecule is CCCC(C)COc1ccc([C@@H](NC(=O)[C@@](C)(N)c2ccccc2F)C(C)(C)O)cc1. The summed E-state index contributed by atoms with van der Waals surface area (Å²) in [6.45, 7) is 9.59. The molecule has 0 aromatic heterocycles. The molecule has 0 radical (unpaired) electrons. The van der Waals surface area contributed by atoms with Crippen molar-refractivity contribution in [1.29, 1.82) is 0 Å². The summed E-state index contributed by atoms with van der Waals surface area (Å²) in [5.41, 5.74) is 4.12. The molecule has 0 aliphatic rings. The van der Waals surface area contributed by atoms with Crippen molar-refractivity contribution in [2.24, 2.45) is 11.7 Å². The maximum Gasteiger partial charge on any atom is 0.245 e. The molecule has 0 saturated carbocycles. The fraction of sp³-hybridized carbons (Fsp3) is 0.480. The molecular formula is C25H35FN2O3. The summed E-state index contributed by atoms with van der Waals surface area (Å²) in [4.78, 5) is 13.0. The number of nitrogens with one attached hydrogen (secondary N) is 1. The molecule has 1 unspecified atom stereocenters. The van der Waals surface area contributed by atoms with Gasteiger partial charge in [0.05, 0.1) is 18.2 Å². The van der Waals surface area contributed by atoms with Crippen molar-refractivity contribution in [3.05, 3.63) is 65.5 Å². The van der Waals surface area contributed by atoms with Crippen molar-refractivity contribution in [1.82, 2.24) is 5.32 Å². The first-order valence-electron chi connectivity index (χ1n) is 10.8. The molecule has 1 amide bonds. The minimum Gasteiger partial charge on any atom is -0.493 e. The molecule has 0 fully saturated rings. The van der Waals surface area contributed by atoms with Gasteiger partial charge in [-0.2, -0.15) is 0 Å². The van der Waals surface area contributed by atoms with Crippen molar-refractivity contribution in [2.45, 2.75) is 64.6 Å². The van der Waals surface area contributed by atoms with Crippen LogP contribution in [0.2, 0.25) is 0 Å². The molecule has 0 aliphatic heterocycles. The number of amides is 1. The lowest BCUT2D eigenvalue weighted by molar-refractivity contribution is -0.129. The van der Waals surface area contributed by atoms with E-state index >= 15 is 0 Å². The summed E-state index contributed by atoms with van der Waals surface area (Å²) in [5.74, 6) is 0.0518. The first-order chi connectivity index (χ1) is 14.5. The Morgan fingerprint density at radius 1 is 1.16 bits per heavy atom. The van der Waals surface area contributed by atoms with E-state index in [0.717, 1.165) is 18.6 Å². The van der Waals surface area contributed by atoms with Crippen molar-refractivity contribution >= 4 is 5.91 Å². The highest BCUT2D eigenvalue weighted by Gasteiger charge is 2.38. The number of hydrogen-bond donors (Lipinski definition) is 3. The third-order valence-corrected chi connectivity index (χ3v) is 5.42. The molecule has 5 nitrogen and oxygen atoms in total. The molecule has 3 atom stereocenters. The quantitative estimate of drug-likeness (QED) is 0.520. The lowest BCUT2D eigenvalue weighted by atomic mass is 9.88.